The van der Waals surface area contributed by atoms with Gasteiger partial charge in [-0.05, 0) is 63.2 Å². The Morgan fingerprint density at radius 3 is 2.33 bits per heavy atom. The van der Waals surface area contributed by atoms with Gasteiger partial charge in [-0.1, -0.05) is 56.3 Å². The number of aliphatic hydroxyl groups excluding tert-OH is 1. The summed E-state index contributed by atoms with van der Waals surface area (Å²) in [7, 11) is 3.95. The van der Waals surface area contributed by atoms with Crippen molar-refractivity contribution in [2.75, 3.05) is 27.2 Å². The van der Waals surface area contributed by atoms with Gasteiger partial charge in [0.05, 0.1) is 34.8 Å². The molecule has 1 saturated heterocycles. The van der Waals surface area contributed by atoms with Gasteiger partial charge in [-0.15, -0.1) is 0 Å². The van der Waals surface area contributed by atoms with E-state index >= 15 is 0 Å². The van der Waals surface area contributed by atoms with Gasteiger partial charge >= 0.3 is 0 Å². The molecule has 2 aromatic carbocycles. The number of nitrogens with zero attached hydrogens (tertiary/aromatic N) is 4. The first kappa shape index (κ1) is 25.4. The zero-order valence-corrected chi connectivity index (χ0v) is 21.6. The predicted molar refractivity (Wildman–Crippen MR) is 141 cm³/mol. The lowest BCUT2D eigenvalue weighted by Crippen LogP contribution is -2.32. The molecule has 3 aromatic rings. The van der Waals surface area contributed by atoms with Gasteiger partial charge in [0.2, 0.25) is 0 Å². The molecule has 1 aliphatic rings. The van der Waals surface area contributed by atoms with Crippen molar-refractivity contribution in [1.29, 1.82) is 0 Å². The Labute approximate surface area is 212 Å². The minimum atomic E-state index is -0.665. The minimum absolute atomic E-state index is 0.109. The molecule has 0 aliphatic carbocycles. The van der Waals surface area contributed by atoms with Gasteiger partial charge in [0.25, 0.3) is 11.7 Å². The van der Waals surface area contributed by atoms with Crippen LogP contribution in [0.5, 0.6) is 0 Å². The second-order valence-electron chi connectivity index (χ2n) is 9.86. The van der Waals surface area contributed by atoms with Gasteiger partial charge in [-0.25, -0.2) is 4.68 Å². The number of amides is 1. The number of likely N-dealkylation sites (tertiary alicyclic amines) is 1. The molecule has 1 aromatic heterocycles. The highest BCUT2D eigenvalue weighted by atomic mass is 16.3. The van der Waals surface area contributed by atoms with Gasteiger partial charge in [0.1, 0.15) is 5.76 Å². The summed E-state index contributed by atoms with van der Waals surface area (Å²) in [4.78, 5) is 30.2. The van der Waals surface area contributed by atoms with Crippen LogP contribution < -0.4 is 0 Å². The van der Waals surface area contributed by atoms with E-state index in [4.69, 9.17) is 0 Å². The molecule has 1 N–H and O–H groups in total. The highest BCUT2D eigenvalue weighted by Crippen LogP contribution is 2.40. The number of ketones is 1. The third kappa shape index (κ3) is 4.84. The fraction of sp³-hybridized carbons (Fsp3) is 0.345. The molecule has 0 radical (unpaired) electrons. The summed E-state index contributed by atoms with van der Waals surface area (Å²) in [5, 5.41) is 15.9. The lowest BCUT2D eigenvalue weighted by Gasteiger charge is -2.26. The Morgan fingerprint density at radius 1 is 1.06 bits per heavy atom. The first-order valence-electron chi connectivity index (χ1n) is 12.3. The maximum Gasteiger partial charge on any atom is 0.295 e. The van der Waals surface area contributed by atoms with E-state index in [-0.39, 0.29) is 11.3 Å². The van der Waals surface area contributed by atoms with Crippen molar-refractivity contribution in [2.45, 2.75) is 39.2 Å². The molecule has 36 heavy (non-hydrogen) atoms. The van der Waals surface area contributed by atoms with Crippen molar-refractivity contribution in [3.8, 4) is 5.69 Å². The number of carbonyl (C=O) groups excluding carboxylic acids is 2. The molecular formula is C29H34N4O3. The van der Waals surface area contributed by atoms with Gasteiger partial charge in [-0.2, -0.15) is 5.10 Å². The third-order valence-electron chi connectivity index (χ3n) is 6.73. The van der Waals surface area contributed by atoms with Crippen LogP contribution in [0.25, 0.3) is 11.4 Å². The van der Waals surface area contributed by atoms with Crippen LogP contribution in [0, 0.1) is 6.92 Å². The quantitative estimate of drug-likeness (QED) is 0.284. The van der Waals surface area contributed by atoms with E-state index in [2.05, 4.69) is 18.9 Å². The molecule has 1 aliphatic heterocycles. The number of para-hydroxylation sites is 1. The Kier molecular flexibility index (Phi) is 7.40. The van der Waals surface area contributed by atoms with Gasteiger partial charge in [-0.3, -0.25) is 9.59 Å². The Hall–Kier alpha value is -3.71. The molecule has 2 heterocycles. The normalized spacial score (nSPS) is 17.5. The zero-order valence-electron chi connectivity index (χ0n) is 21.6. The number of aromatic nitrogens is 2. The summed E-state index contributed by atoms with van der Waals surface area (Å²) in [5.74, 6) is -1.08. The van der Waals surface area contributed by atoms with Crippen LogP contribution in [-0.2, 0) is 9.59 Å². The number of hydrogen-bond acceptors (Lipinski definition) is 5. The number of carbonyl (C=O) groups is 2. The van der Waals surface area contributed by atoms with E-state index in [1.807, 2.05) is 80.5 Å². The number of Topliss-reactive ketones (excluding diaryl/α,β-unsaturated/α-hetero) is 1. The van der Waals surface area contributed by atoms with Crippen LogP contribution in [0.1, 0.15) is 54.6 Å². The molecule has 1 unspecified atom stereocenters. The lowest BCUT2D eigenvalue weighted by atomic mass is 9.93. The van der Waals surface area contributed by atoms with E-state index < -0.39 is 17.7 Å². The predicted octanol–water partition coefficient (Wildman–Crippen LogP) is 4.68. The van der Waals surface area contributed by atoms with Crippen LogP contribution in [0.15, 0.2) is 66.4 Å². The molecule has 7 heteroatoms. The molecule has 1 fully saturated rings. The lowest BCUT2D eigenvalue weighted by molar-refractivity contribution is -0.139. The highest BCUT2D eigenvalue weighted by molar-refractivity contribution is 6.46. The molecule has 4 rings (SSSR count). The fourth-order valence-electron chi connectivity index (χ4n) is 4.69. The first-order valence-corrected chi connectivity index (χ1v) is 12.3. The summed E-state index contributed by atoms with van der Waals surface area (Å²) >= 11 is 0. The summed E-state index contributed by atoms with van der Waals surface area (Å²) in [6.45, 7) is 7.28. The number of aliphatic hydroxyl groups is 1. The average Bonchev–Trinajstić information content (AvgIpc) is 3.36. The Morgan fingerprint density at radius 2 is 1.72 bits per heavy atom. The van der Waals surface area contributed by atoms with Gasteiger partial charge in [0.15, 0.2) is 0 Å². The number of rotatable bonds is 8. The average molecular weight is 487 g/mol. The van der Waals surface area contributed by atoms with Crippen LogP contribution >= 0.6 is 0 Å². The second kappa shape index (κ2) is 10.5. The summed E-state index contributed by atoms with van der Waals surface area (Å²) in [6, 6.07) is 16.9. The van der Waals surface area contributed by atoms with Crippen LogP contribution in [0.2, 0.25) is 0 Å². The fourth-order valence-corrected chi connectivity index (χ4v) is 4.69. The summed E-state index contributed by atoms with van der Waals surface area (Å²) < 4.78 is 1.72. The van der Waals surface area contributed by atoms with Crippen molar-refractivity contribution >= 4 is 17.4 Å². The molecule has 0 saturated carbocycles. The van der Waals surface area contributed by atoms with Crippen molar-refractivity contribution < 1.29 is 14.7 Å². The SMILES string of the molecule is Cc1c(C(O)=C2C(=O)C(=O)N(CCCN(C)C)C2c2ccc(C(C)C)cc2)cnn1-c1ccccc1. The van der Waals surface area contributed by atoms with E-state index in [0.29, 0.717) is 30.1 Å². The third-order valence-corrected chi connectivity index (χ3v) is 6.73. The second-order valence-corrected chi connectivity index (χ2v) is 9.86. The molecule has 0 bridgehead atoms. The van der Waals surface area contributed by atoms with Gasteiger partial charge in [0, 0.05) is 6.54 Å². The molecule has 1 amide bonds. The highest BCUT2D eigenvalue weighted by Gasteiger charge is 2.46. The summed E-state index contributed by atoms with van der Waals surface area (Å²) in [6.07, 6.45) is 2.27. The van der Waals surface area contributed by atoms with Gasteiger partial charge < -0.3 is 14.9 Å². The smallest absolute Gasteiger partial charge is 0.295 e. The van der Waals surface area contributed by atoms with E-state index in [1.165, 1.54) is 5.56 Å². The molecular weight excluding hydrogens is 452 g/mol. The van der Waals surface area contributed by atoms with Crippen molar-refractivity contribution in [3.63, 3.8) is 0 Å². The zero-order chi connectivity index (χ0) is 26.0. The van der Waals surface area contributed by atoms with Crippen LogP contribution in [0.3, 0.4) is 0 Å². The van der Waals surface area contributed by atoms with Crippen molar-refractivity contribution in [1.82, 2.24) is 19.6 Å². The van der Waals surface area contributed by atoms with E-state index in [0.717, 1.165) is 17.8 Å². The maximum absolute atomic E-state index is 13.3. The van der Waals surface area contributed by atoms with Crippen molar-refractivity contribution in [2.24, 2.45) is 0 Å². The molecule has 7 nitrogen and oxygen atoms in total. The molecule has 0 spiro atoms. The summed E-state index contributed by atoms with van der Waals surface area (Å²) in [5.41, 5.74) is 4.05. The number of benzene rings is 2. The monoisotopic (exact) mass is 486 g/mol. The minimum Gasteiger partial charge on any atom is -0.507 e. The topological polar surface area (TPSA) is 78.7 Å². The standard InChI is InChI=1S/C29H34N4O3/c1-19(2)21-12-14-22(15-13-21)26-25(28(35)29(36)32(26)17-9-16-31(4)5)27(34)24-18-30-33(20(24)3)23-10-7-6-8-11-23/h6-8,10-15,18-19,26,34H,9,16-17H2,1-5H3. The molecule has 188 valence electrons. The number of hydrogen-bond donors (Lipinski definition) is 1. The van der Waals surface area contributed by atoms with Crippen LogP contribution in [-0.4, -0.2) is 63.6 Å². The maximum atomic E-state index is 13.3. The Balaban J connectivity index is 1.81. The van der Waals surface area contributed by atoms with Crippen LogP contribution in [0.4, 0.5) is 0 Å². The van der Waals surface area contributed by atoms with E-state index in [9.17, 15) is 14.7 Å². The first-order chi connectivity index (χ1) is 17.2. The van der Waals surface area contributed by atoms with Crippen molar-refractivity contribution in [3.05, 3.63) is 88.8 Å². The largest absolute Gasteiger partial charge is 0.507 e. The Bertz CT molecular complexity index is 1270. The van der Waals surface area contributed by atoms with E-state index in [1.54, 1.807) is 15.8 Å². The molecule has 1 atom stereocenters.